The average molecular weight is 395 g/mol. The standard InChI is InChI=1S/C20H21N5O4/c1-12-4-6-13(7-5-12)22-20-24-17(23-19(21)25-20)11-29-18(26)15-9-8-14(27-2)10-16(15)28-3/h4-10H,11H2,1-3H3,(H3,21,22,23,24,25). The fraction of sp³-hybridized carbons (Fsp3) is 0.200. The van der Waals surface area contributed by atoms with E-state index in [1.54, 1.807) is 18.2 Å². The second-order valence-electron chi connectivity index (χ2n) is 6.07. The van der Waals surface area contributed by atoms with E-state index >= 15 is 0 Å². The molecular formula is C20H21N5O4. The van der Waals surface area contributed by atoms with Gasteiger partial charge in [-0.2, -0.15) is 15.0 Å². The molecule has 0 saturated carbocycles. The summed E-state index contributed by atoms with van der Waals surface area (Å²) in [5.41, 5.74) is 7.94. The normalized spacial score (nSPS) is 10.3. The number of nitrogen functional groups attached to an aromatic ring is 1. The maximum absolute atomic E-state index is 12.4. The fourth-order valence-electron chi connectivity index (χ4n) is 2.50. The van der Waals surface area contributed by atoms with Crippen LogP contribution in [-0.2, 0) is 11.3 Å². The molecule has 3 N–H and O–H groups in total. The van der Waals surface area contributed by atoms with Crippen LogP contribution in [0.25, 0.3) is 0 Å². The molecule has 3 rings (SSSR count). The van der Waals surface area contributed by atoms with Gasteiger partial charge in [0, 0.05) is 11.8 Å². The lowest BCUT2D eigenvalue weighted by molar-refractivity contribution is 0.0458. The predicted molar refractivity (Wildman–Crippen MR) is 107 cm³/mol. The minimum atomic E-state index is -0.587. The summed E-state index contributed by atoms with van der Waals surface area (Å²) in [6.45, 7) is 1.82. The van der Waals surface area contributed by atoms with E-state index in [1.807, 2.05) is 31.2 Å². The van der Waals surface area contributed by atoms with Crippen LogP contribution in [0.4, 0.5) is 17.6 Å². The number of aromatic nitrogens is 3. The minimum absolute atomic E-state index is 0.0164. The van der Waals surface area contributed by atoms with Gasteiger partial charge in [-0.1, -0.05) is 17.7 Å². The van der Waals surface area contributed by atoms with Crippen molar-refractivity contribution in [1.29, 1.82) is 0 Å². The van der Waals surface area contributed by atoms with Gasteiger partial charge in [-0.3, -0.25) is 0 Å². The minimum Gasteiger partial charge on any atom is -0.497 e. The number of nitrogens with zero attached hydrogens (tertiary/aromatic N) is 3. The molecule has 1 heterocycles. The highest BCUT2D eigenvalue weighted by atomic mass is 16.5. The summed E-state index contributed by atoms with van der Waals surface area (Å²) in [7, 11) is 2.99. The molecule has 0 aliphatic rings. The molecule has 0 spiro atoms. The van der Waals surface area contributed by atoms with Crippen molar-refractivity contribution < 1.29 is 19.0 Å². The molecule has 9 heteroatoms. The largest absolute Gasteiger partial charge is 0.497 e. The van der Waals surface area contributed by atoms with Gasteiger partial charge in [0.15, 0.2) is 12.4 Å². The number of carbonyl (C=O) groups excluding carboxylic acids is 1. The Kier molecular flexibility index (Phi) is 6.08. The van der Waals surface area contributed by atoms with E-state index in [2.05, 4.69) is 20.3 Å². The van der Waals surface area contributed by atoms with Crippen LogP contribution in [0.5, 0.6) is 11.5 Å². The SMILES string of the molecule is COc1ccc(C(=O)OCc2nc(N)nc(Nc3ccc(C)cc3)n2)c(OC)c1. The number of aryl methyl sites for hydroxylation is 1. The Labute approximate surface area is 167 Å². The topological polar surface area (TPSA) is 121 Å². The van der Waals surface area contributed by atoms with Gasteiger partial charge in [-0.15, -0.1) is 0 Å². The number of esters is 1. The molecule has 1 aromatic heterocycles. The molecule has 29 heavy (non-hydrogen) atoms. The van der Waals surface area contributed by atoms with Crippen molar-refractivity contribution >= 4 is 23.6 Å². The Hall–Kier alpha value is -3.88. The number of methoxy groups -OCH3 is 2. The van der Waals surface area contributed by atoms with Gasteiger partial charge in [0.2, 0.25) is 11.9 Å². The first-order chi connectivity index (χ1) is 14.0. The van der Waals surface area contributed by atoms with Crippen LogP contribution < -0.4 is 20.5 Å². The molecule has 0 fully saturated rings. The van der Waals surface area contributed by atoms with Crippen LogP contribution >= 0.6 is 0 Å². The monoisotopic (exact) mass is 395 g/mol. The van der Waals surface area contributed by atoms with Crippen LogP contribution in [0, 0.1) is 6.92 Å². The number of nitrogens with one attached hydrogen (secondary N) is 1. The second kappa shape index (κ2) is 8.87. The number of nitrogens with two attached hydrogens (primary N) is 1. The molecule has 0 bridgehead atoms. The fourth-order valence-corrected chi connectivity index (χ4v) is 2.50. The summed E-state index contributed by atoms with van der Waals surface area (Å²) >= 11 is 0. The van der Waals surface area contributed by atoms with E-state index in [9.17, 15) is 4.79 Å². The number of rotatable bonds is 7. The Morgan fingerprint density at radius 2 is 1.79 bits per heavy atom. The van der Waals surface area contributed by atoms with Gasteiger partial charge >= 0.3 is 5.97 Å². The zero-order valence-corrected chi connectivity index (χ0v) is 16.3. The number of carbonyl (C=O) groups is 1. The number of anilines is 3. The summed E-state index contributed by atoms with van der Waals surface area (Å²) in [6.07, 6.45) is 0. The van der Waals surface area contributed by atoms with Crippen LogP contribution in [-0.4, -0.2) is 35.1 Å². The maximum atomic E-state index is 12.4. The first-order valence-electron chi connectivity index (χ1n) is 8.71. The molecule has 0 aliphatic heterocycles. The van der Waals surface area contributed by atoms with E-state index in [0.717, 1.165) is 11.3 Å². The summed E-state index contributed by atoms with van der Waals surface area (Å²) in [5, 5.41) is 3.05. The summed E-state index contributed by atoms with van der Waals surface area (Å²) in [6, 6.07) is 12.5. The Balaban J connectivity index is 1.71. The lowest BCUT2D eigenvalue weighted by Crippen LogP contribution is -2.12. The van der Waals surface area contributed by atoms with Gasteiger partial charge in [-0.05, 0) is 31.2 Å². The third-order valence-corrected chi connectivity index (χ3v) is 3.97. The van der Waals surface area contributed by atoms with Crippen molar-refractivity contribution in [3.05, 3.63) is 59.4 Å². The van der Waals surface area contributed by atoms with Crippen molar-refractivity contribution in [2.75, 3.05) is 25.3 Å². The second-order valence-corrected chi connectivity index (χ2v) is 6.07. The molecule has 0 radical (unpaired) electrons. The highest BCUT2D eigenvalue weighted by Gasteiger charge is 2.16. The first kappa shape index (κ1) is 19.9. The van der Waals surface area contributed by atoms with Crippen LogP contribution in [0.1, 0.15) is 21.7 Å². The molecule has 2 aromatic carbocycles. The van der Waals surface area contributed by atoms with E-state index in [0.29, 0.717) is 11.5 Å². The number of hydrogen-bond acceptors (Lipinski definition) is 9. The molecule has 0 aliphatic carbocycles. The van der Waals surface area contributed by atoms with Crippen LogP contribution in [0.2, 0.25) is 0 Å². The third-order valence-electron chi connectivity index (χ3n) is 3.97. The lowest BCUT2D eigenvalue weighted by atomic mass is 10.2. The molecule has 0 amide bonds. The van der Waals surface area contributed by atoms with Crippen molar-refractivity contribution in [3.8, 4) is 11.5 Å². The smallest absolute Gasteiger partial charge is 0.342 e. The Morgan fingerprint density at radius 3 is 2.48 bits per heavy atom. The first-order valence-corrected chi connectivity index (χ1v) is 8.71. The number of benzene rings is 2. The summed E-state index contributed by atoms with van der Waals surface area (Å²) in [5.74, 6) is 0.809. The van der Waals surface area contributed by atoms with Gasteiger partial charge < -0.3 is 25.3 Å². The van der Waals surface area contributed by atoms with Crippen LogP contribution in [0.3, 0.4) is 0 Å². The van der Waals surface area contributed by atoms with Crippen molar-refractivity contribution in [2.45, 2.75) is 13.5 Å². The molecule has 150 valence electrons. The van der Waals surface area contributed by atoms with Gasteiger partial charge in [0.05, 0.1) is 14.2 Å². The zero-order valence-electron chi connectivity index (χ0n) is 16.3. The molecule has 9 nitrogen and oxygen atoms in total. The van der Waals surface area contributed by atoms with Crippen LogP contribution in [0.15, 0.2) is 42.5 Å². The quantitative estimate of drug-likeness (QED) is 0.581. The Bertz CT molecular complexity index is 1010. The van der Waals surface area contributed by atoms with E-state index < -0.39 is 5.97 Å². The molecule has 0 unspecified atom stereocenters. The zero-order chi connectivity index (χ0) is 20.8. The van der Waals surface area contributed by atoms with E-state index in [1.165, 1.54) is 14.2 Å². The highest BCUT2D eigenvalue weighted by Crippen LogP contribution is 2.25. The summed E-state index contributed by atoms with van der Waals surface area (Å²) < 4.78 is 15.7. The van der Waals surface area contributed by atoms with Crippen molar-refractivity contribution in [2.24, 2.45) is 0 Å². The van der Waals surface area contributed by atoms with Crippen molar-refractivity contribution in [1.82, 2.24) is 15.0 Å². The average Bonchev–Trinajstić information content (AvgIpc) is 2.72. The van der Waals surface area contributed by atoms with Gasteiger partial charge in [-0.25, -0.2) is 4.79 Å². The van der Waals surface area contributed by atoms with Gasteiger partial charge in [0.25, 0.3) is 0 Å². The molecule has 0 atom stereocenters. The van der Waals surface area contributed by atoms with E-state index in [4.69, 9.17) is 19.9 Å². The lowest BCUT2D eigenvalue weighted by Gasteiger charge is -2.11. The number of ether oxygens (including phenoxy) is 3. The maximum Gasteiger partial charge on any atom is 0.342 e. The molecular weight excluding hydrogens is 374 g/mol. The Morgan fingerprint density at radius 1 is 1.03 bits per heavy atom. The highest BCUT2D eigenvalue weighted by molar-refractivity contribution is 5.92. The predicted octanol–water partition coefficient (Wildman–Crippen LogP) is 2.88. The van der Waals surface area contributed by atoms with E-state index in [-0.39, 0.29) is 29.9 Å². The summed E-state index contributed by atoms with van der Waals surface area (Å²) in [4.78, 5) is 24.7. The van der Waals surface area contributed by atoms with Crippen molar-refractivity contribution in [3.63, 3.8) is 0 Å². The molecule has 3 aromatic rings. The van der Waals surface area contributed by atoms with Gasteiger partial charge in [0.1, 0.15) is 17.1 Å². The molecule has 0 saturated heterocycles. The third kappa shape index (κ3) is 5.10. The number of hydrogen-bond donors (Lipinski definition) is 2.